The van der Waals surface area contributed by atoms with Gasteiger partial charge in [-0.05, 0) is 46.1 Å². The Hall–Kier alpha value is 0.650. The minimum absolute atomic E-state index is 0.531. The summed E-state index contributed by atoms with van der Waals surface area (Å²) < 4.78 is 2.58. The van der Waals surface area contributed by atoms with Crippen molar-refractivity contribution in [3.05, 3.63) is 0 Å². The Morgan fingerprint density at radius 3 is 2.36 bits per heavy atom. The predicted octanol–water partition coefficient (Wildman–Crippen LogP) is 2.68. The van der Waals surface area contributed by atoms with Crippen molar-refractivity contribution in [2.45, 2.75) is 51.1 Å². The molecule has 0 aliphatic carbocycles. The van der Waals surface area contributed by atoms with Gasteiger partial charge in [-0.15, -0.1) is 0 Å². The molecule has 0 aromatic carbocycles. The Morgan fingerprint density at radius 1 is 1.14 bits per heavy atom. The highest BCUT2D eigenvalue weighted by atomic mass is 127. The van der Waals surface area contributed by atoms with Crippen LogP contribution in [0.25, 0.3) is 0 Å². The van der Waals surface area contributed by atoms with E-state index >= 15 is 0 Å². The summed E-state index contributed by atoms with van der Waals surface area (Å²) in [6.07, 6.45) is 5.62. The molecule has 3 heteroatoms. The van der Waals surface area contributed by atoms with Gasteiger partial charge in [-0.25, -0.2) is 3.11 Å². The van der Waals surface area contributed by atoms with E-state index < -0.39 is 0 Å². The minimum atomic E-state index is 0.531. The molecule has 1 atom stereocenters. The van der Waals surface area contributed by atoms with Crippen LogP contribution in [0.15, 0.2) is 0 Å². The Kier molecular flexibility index (Phi) is 3.39. The minimum Gasteiger partial charge on any atom is -0.299 e. The van der Waals surface area contributed by atoms with Crippen LogP contribution in [-0.2, 0) is 0 Å². The van der Waals surface area contributed by atoms with Crippen LogP contribution in [0.3, 0.4) is 0 Å². The molecule has 2 aliphatic heterocycles. The predicted molar refractivity (Wildman–Crippen MR) is 68.6 cm³/mol. The molecule has 0 aromatic rings. The fourth-order valence-corrected chi connectivity index (χ4v) is 3.87. The van der Waals surface area contributed by atoms with Crippen LogP contribution >= 0.6 is 22.9 Å². The molecule has 2 saturated heterocycles. The monoisotopic (exact) mass is 308 g/mol. The lowest BCUT2D eigenvalue weighted by Gasteiger charge is -2.45. The van der Waals surface area contributed by atoms with Crippen LogP contribution in [0.2, 0.25) is 0 Å². The first kappa shape index (κ1) is 11.1. The van der Waals surface area contributed by atoms with Gasteiger partial charge < -0.3 is 0 Å². The molecule has 14 heavy (non-hydrogen) atoms. The maximum absolute atomic E-state index is 2.65. The Labute approximate surface area is 102 Å². The molecule has 2 nitrogen and oxygen atoms in total. The molecule has 0 bridgehead atoms. The van der Waals surface area contributed by atoms with Gasteiger partial charge in [-0.1, -0.05) is 0 Å². The molecule has 2 fully saturated rings. The number of likely N-dealkylation sites (tertiary alicyclic amines) is 1. The third-order valence-corrected chi connectivity index (χ3v) is 5.33. The third kappa shape index (κ3) is 1.95. The van der Waals surface area contributed by atoms with E-state index in [4.69, 9.17) is 0 Å². The summed E-state index contributed by atoms with van der Waals surface area (Å²) in [5.74, 6) is 0. The van der Waals surface area contributed by atoms with E-state index in [1.165, 1.54) is 45.3 Å². The standard InChI is InChI=1S/C11H21IN2/c1-10(2)13-7-3-5-11(9-13)6-4-8-14(11)12/h10H,3-9H2,1-2H3. The summed E-state index contributed by atoms with van der Waals surface area (Å²) in [5.41, 5.74) is 0.531. The molecule has 2 heterocycles. The number of rotatable bonds is 1. The fourth-order valence-electron chi connectivity index (χ4n) is 2.90. The number of piperidine rings is 1. The van der Waals surface area contributed by atoms with Crippen molar-refractivity contribution in [1.82, 2.24) is 8.01 Å². The average Bonchev–Trinajstić information content (AvgIpc) is 2.48. The Bertz CT molecular complexity index is 207. The Morgan fingerprint density at radius 2 is 1.79 bits per heavy atom. The second kappa shape index (κ2) is 4.26. The van der Waals surface area contributed by atoms with Gasteiger partial charge in [0.05, 0.1) is 0 Å². The number of hydrogen-bond acceptors (Lipinski definition) is 2. The highest BCUT2D eigenvalue weighted by Crippen LogP contribution is 2.39. The summed E-state index contributed by atoms with van der Waals surface area (Å²) >= 11 is 2.54. The molecule has 0 N–H and O–H groups in total. The molecule has 0 radical (unpaired) electrons. The SMILES string of the molecule is CC(C)N1CCCC2(CCCN2I)C1. The van der Waals surface area contributed by atoms with Crippen molar-refractivity contribution in [1.29, 1.82) is 0 Å². The van der Waals surface area contributed by atoms with E-state index in [-0.39, 0.29) is 0 Å². The van der Waals surface area contributed by atoms with Crippen molar-refractivity contribution >= 4 is 22.9 Å². The largest absolute Gasteiger partial charge is 0.299 e. The zero-order valence-electron chi connectivity index (χ0n) is 9.30. The summed E-state index contributed by atoms with van der Waals surface area (Å²) in [6.45, 7) is 8.56. The van der Waals surface area contributed by atoms with Crippen LogP contribution in [-0.4, -0.2) is 39.2 Å². The second-order valence-corrected chi connectivity index (χ2v) is 6.25. The van der Waals surface area contributed by atoms with Gasteiger partial charge >= 0.3 is 0 Å². The van der Waals surface area contributed by atoms with Crippen LogP contribution in [0.5, 0.6) is 0 Å². The van der Waals surface area contributed by atoms with E-state index in [9.17, 15) is 0 Å². The molecule has 2 rings (SSSR count). The van der Waals surface area contributed by atoms with Gasteiger partial charge in [0.2, 0.25) is 0 Å². The third-order valence-electron chi connectivity index (χ3n) is 3.83. The number of nitrogens with zero attached hydrogens (tertiary/aromatic N) is 2. The summed E-state index contributed by atoms with van der Waals surface area (Å²) in [4.78, 5) is 2.65. The Balaban J connectivity index is 2.05. The van der Waals surface area contributed by atoms with Gasteiger partial charge in [0.15, 0.2) is 0 Å². The maximum atomic E-state index is 2.65. The highest BCUT2D eigenvalue weighted by Gasteiger charge is 2.43. The van der Waals surface area contributed by atoms with E-state index in [2.05, 4.69) is 44.7 Å². The summed E-state index contributed by atoms with van der Waals surface area (Å²) in [6, 6.07) is 0.720. The molecular weight excluding hydrogens is 287 g/mol. The van der Waals surface area contributed by atoms with Gasteiger partial charge in [0.1, 0.15) is 0 Å². The second-order valence-electron chi connectivity index (χ2n) is 5.08. The quantitative estimate of drug-likeness (QED) is 0.543. The van der Waals surface area contributed by atoms with Crippen molar-refractivity contribution < 1.29 is 0 Å². The molecule has 0 amide bonds. The van der Waals surface area contributed by atoms with E-state index in [0.29, 0.717) is 5.54 Å². The molecule has 82 valence electrons. The maximum Gasteiger partial charge on any atom is 0.0433 e. The van der Waals surface area contributed by atoms with Crippen LogP contribution in [0.1, 0.15) is 39.5 Å². The van der Waals surface area contributed by atoms with E-state index in [1.54, 1.807) is 0 Å². The van der Waals surface area contributed by atoms with Gasteiger partial charge in [-0.3, -0.25) is 4.90 Å². The molecule has 1 unspecified atom stereocenters. The van der Waals surface area contributed by atoms with Crippen LogP contribution in [0, 0.1) is 0 Å². The summed E-state index contributed by atoms with van der Waals surface area (Å²) in [7, 11) is 0. The topological polar surface area (TPSA) is 6.48 Å². The van der Waals surface area contributed by atoms with Crippen molar-refractivity contribution in [2.24, 2.45) is 0 Å². The van der Waals surface area contributed by atoms with Gasteiger partial charge in [0.25, 0.3) is 0 Å². The lowest BCUT2D eigenvalue weighted by Crippen LogP contribution is -2.54. The van der Waals surface area contributed by atoms with Crippen LogP contribution < -0.4 is 0 Å². The molecule has 0 saturated carbocycles. The van der Waals surface area contributed by atoms with Crippen LogP contribution in [0.4, 0.5) is 0 Å². The number of halogens is 1. The normalized spacial score (nSPS) is 36.0. The van der Waals surface area contributed by atoms with Gasteiger partial charge in [-0.2, -0.15) is 0 Å². The van der Waals surface area contributed by atoms with Gasteiger partial charge in [0, 0.05) is 47.5 Å². The molecular formula is C11H21IN2. The lowest BCUT2D eigenvalue weighted by molar-refractivity contribution is 0.0802. The van der Waals surface area contributed by atoms with E-state index in [1.807, 2.05) is 0 Å². The smallest absolute Gasteiger partial charge is 0.0433 e. The summed E-state index contributed by atoms with van der Waals surface area (Å²) in [5, 5.41) is 0. The fraction of sp³-hybridized carbons (Fsp3) is 1.00. The van der Waals surface area contributed by atoms with Crippen molar-refractivity contribution in [3.8, 4) is 0 Å². The lowest BCUT2D eigenvalue weighted by atomic mass is 9.87. The number of hydrogen-bond donors (Lipinski definition) is 0. The van der Waals surface area contributed by atoms with E-state index in [0.717, 1.165) is 6.04 Å². The first-order valence-electron chi connectivity index (χ1n) is 5.81. The zero-order chi connectivity index (χ0) is 10.2. The molecule has 2 aliphatic rings. The first-order chi connectivity index (χ1) is 6.64. The highest BCUT2D eigenvalue weighted by molar-refractivity contribution is 14.1. The molecule has 1 spiro atoms. The van der Waals surface area contributed by atoms with Crippen molar-refractivity contribution in [2.75, 3.05) is 19.6 Å². The molecule has 0 aromatic heterocycles. The first-order valence-corrected chi connectivity index (χ1v) is 6.78. The average molecular weight is 308 g/mol. The zero-order valence-corrected chi connectivity index (χ0v) is 11.5. The van der Waals surface area contributed by atoms with Crippen molar-refractivity contribution in [3.63, 3.8) is 0 Å².